The number of nitrogens with two attached hydrogens (primary N) is 1. The van der Waals surface area contributed by atoms with Crippen molar-refractivity contribution in [2.24, 2.45) is 0 Å². The molecular weight excluding hydrogens is 183 g/mol. The fraction of sp³-hybridized carbons (Fsp3) is 0.571. The summed E-state index contributed by atoms with van der Waals surface area (Å²) in [5, 5.41) is 0. The molecule has 0 saturated heterocycles. The minimum absolute atomic E-state index is 0.0987. The van der Waals surface area contributed by atoms with Gasteiger partial charge in [0.1, 0.15) is 5.82 Å². The van der Waals surface area contributed by atoms with E-state index >= 15 is 0 Å². The zero-order chi connectivity index (χ0) is 10.2. The van der Waals surface area contributed by atoms with Crippen LogP contribution >= 0.6 is 0 Å². The molecule has 0 aliphatic rings. The lowest BCUT2D eigenvalue weighted by Crippen LogP contribution is -2.08. The monoisotopic (exact) mass is 193 g/mol. The smallest absolute Gasteiger partial charge is 0.382 e. The number of nitrogens with zero attached hydrogens (tertiary/aromatic N) is 1. The number of aromatic nitrogens is 2. The molecule has 0 radical (unpaired) electrons. The molecule has 0 aliphatic carbocycles. The highest BCUT2D eigenvalue weighted by Crippen LogP contribution is 2.32. The molecule has 74 valence electrons. The highest BCUT2D eigenvalue weighted by Gasteiger charge is 2.36. The van der Waals surface area contributed by atoms with Gasteiger partial charge in [-0.2, -0.15) is 13.2 Å². The quantitative estimate of drug-likeness (QED) is 0.717. The number of rotatable bonds is 1. The number of H-pyrrole nitrogens is 1. The van der Waals surface area contributed by atoms with Gasteiger partial charge in [0, 0.05) is 5.92 Å². The number of nitrogen functional groups attached to an aromatic ring is 1. The van der Waals surface area contributed by atoms with Gasteiger partial charge in [0.2, 0.25) is 0 Å². The summed E-state index contributed by atoms with van der Waals surface area (Å²) in [5.74, 6) is -0.334. The molecule has 0 spiro atoms. The van der Waals surface area contributed by atoms with Gasteiger partial charge < -0.3 is 10.7 Å². The summed E-state index contributed by atoms with van der Waals surface area (Å²) in [5.41, 5.74) is 4.14. The first-order valence-electron chi connectivity index (χ1n) is 3.75. The Labute approximate surface area is 73.2 Å². The molecule has 1 heterocycles. The molecule has 1 aromatic heterocycles. The van der Waals surface area contributed by atoms with Crippen molar-refractivity contribution in [2.75, 3.05) is 5.73 Å². The molecule has 1 rings (SSSR count). The molecule has 6 heteroatoms. The molecule has 0 unspecified atom stereocenters. The Balaban J connectivity index is 3.11. The summed E-state index contributed by atoms with van der Waals surface area (Å²) in [6.07, 6.45) is -4.45. The van der Waals surface area contributed by atoms with E-state index in [9.17, 15) is 13.2 Å². The normalized spacial score (nSPS) is 12.5. The summed E-state index contributed by atoms with van der Waals surface area (Å²) < 4.78 is 36.5. The number of hydrogen-bond donors (Lipinski definition) is 2. The molecule has 0 aromatic carbocycles. The summed E-state index contributed by atoms with van der Waals surface area (Å²) in [6.45, 7) is 3.47. The Hall–Kier alpha value is -1.20. The van der Waals surface area contributed by atoms with Crippen molar-refractivity contribution in [2.45, 2.75) is 25.9 Å². The fourth-order valence-electron chi connectivity index (χ4n) is 0.895. The van der Waals surface area contributed by atoms with Crippen LogP contribution in [0.15, 0.2) is 0 Å². The van der Waals surface area contributed by atoms with E-state index in [0.717, 1.165) is 0 Å². The number of alkyl halides is 3. The van der Waals surface area contributed by atoms with Gasteiger partial charge in [-0.3, -0.25) is 0 Å². The van der Waals surface area contributed by atoms with Gasteiger partial charge >= 0.3 is 6.18 Å². The third-order valence-electron chi connectivity index (χ3n) is 1.58. The Morgan fingerprint density at radius 2 is 1.92 bits per heavy atom. The van der Waals surface area contributed by atoms with Crippen LogP contribution in [0.5, 0.6) is 0 Å². The van der Waals surface area contributed by atoms with Crippen molar-refractivity contribution in [1.82, 2.24) is 9.97 Å². The van der Waals surface area contributed by atoms with Crippen LogP contribution in [0.25, 0.3) is 0 Å². The Morgan fingerprint density at radius 3 is 2.15 bits per heavy atom. The SMILES string of the molecule is CC(C)c1nc(N)c(C(F)(F)F)[nH]1. The third kappa shape index (κ3) is 1.93. The zero-order valence-corrected chi connectivity index (χ0v) is 7.24. The number of halogens is 3. The van der Waals surface area contributed by atoms with E-state index in [1.54, 1.807) is 13.8 Å². The molecule has 0 fully saturated rings. The van der Waals surface area contributed by atoms with Crippen LogP contribution in [0.3, 0.4) is 0 Å². The van der Waals surface area contributed by atoms with Crippen LogP contribution in [-0.2, 0) is 6.18 Å². The van der Waals surface area contributed by atoms with Crippen molar-refractivity contribution in [3.63, 3.8) is 0 Å². The van der Waals surface area contributed by atoms with Crippen LogP contribution in [0.4, 0.5) is 19.0 Å². The molecule has 0 amide bonds. The maximum atomic E-state index is 12.2. The molecule has 13 heavy (non-hydrogen) atoms. The van der Waals surface area contributed by atoms with Gasteiger partial charge in [-0.1, -0.05) is 13.8 Å². The second-order valence-corrected chi connectivity index (χ2v) is 3.03. The van der Waals surface area contributed by atoms with Gasteiger partial charge in [0.15, 0.2) is 11.5 Å². The third-order valence-corrected chi connectivity index (χ3v) is 1.58. The zero-order valence-electron chi connectivity index (χ0n) is 7.24. The summed E-state index contributed by atoms with van der Waals surface area (Å²) in [4.78, 5) is 5.74. The Bertz CT molecular complexity index is 300. The standard InChI is InChI=1S/C7H10F3N3/c1-3(2)6-12-4(5(11)13-6)7(8,9)10/h3H,11H2,1-2H3,(H,12,13). The Kier molecular flexibility index (Phi) is 2.23. The fourth-order valence-corrected chi connectivity index (χ4v) is 0.895. The van der Waals surface area contributed by atoms with Crippen molar-refractivity contribution in [3.8, 4) is 0 Å². The number of imidazole rings is 1. The van der Waals surface area contributed by atoms with Gasteiger partial charge in [-0.25, -0.2) is 4.98 Å². The van der Waals surface area contributed by atoms with Crippen LogP contribution in [-0.4, -0.2) is 9.97 Å². The summed E-state index contributed by atoms with van der Waals surface area (Å²) in [7, 11) is 0. The highest BCUT2D eigenvalue weighted by atomic mass is 19.4. The first kappa shape index (κ1) is 9.88. The van der Waals surface area contributed by atoms with Gasteiger partial charge in [0.25, 0.3) is 0 Å². The van der Waals surface area contributed by atoms with Gasteiger partial charge in [0.05, 0.1) is 0 Å². The average molecular weight is 193 g/mol. The maximum absolute atomic E-state index is 12.2. The summed E-state index contributed by atoms with van der Waals surface area (Å²) in [6, 6.07) is 0. The molecular formula is C7H10F3N3. The molecule has 0 atom stereocenters. The van der Waals surface area contributed by atoms with Crippen LogP contribution in [0, 0.1) is 0 Å². The van der Waals surface area contributed by atoms with Crippen molar-refractivity contribution < 1.29 is 13.2 Å². The minimum atomic E-state index is -4.45. The first-order chi connectivity index (χ1) is 5.82. The summed E-state index contributed by atoms with van der Waals surface area (Å²) >= 11 is 0. The van der Waals surface area contributed by atoms with E-state index in [-0.39, 0.29) is 11.7 Å². The maximum Gasteiger partial charge on any atom is 0.434 e. The lowest BCUT2D eigenvalue weighted by Gasteiger charge is -2.03. The second kappa shape index (κ2) is 2.93. The largest absolute Gasteiger partial charge is 0.434 e. The van der Waals surface area contributed by atoms with E-state index in [0.29, 0.717) is 0 Å². The molecule has 1 aromatic rings. The highest BCUT2D eigenvalue weighted by molar-refractivity contribution is 5.38. The van der Waals surface area contributed by atoms with Crippen LogP contribution in [0.1, 0.15) is 31.3 Å². The predicted molar refractivity (Wildman–Crippen MR) is 42.1 cm³/mol. The van der Waals surface area contributed by atoms with Crippen LogP contribution < -0.4 is 5.73 Å². The minimum Gasteiger partial charge on any atom is -0.382 e. The van der Waals surface area contributed by atoms with Crippen LogP contribution in [0.2, 0.25) is 0 Å². The van der Waals surface area contributed by atoms with E-state index < -0.39 is 17.7 Å². The topological polar surface area (TPSA) is 54.7 Å². The number of hydrogen-bond acceptors (Lipinski definition) is 2. The van der Waals surface area contributed by atoms with E-state index in [2.05, 4.69) is 9.97 Å². The predicted octanol–water partition coefficient (Wildman–Crippen LogP) is 2.13. The first-order valence-corrected chi connectivity index (χ1v) is 3.75. The lowest BCUT2D eigenvalue weighted by molar-refractivity contribution is -0.140. The van der Waals surface area contributed by atoms with E-state index in [1.807, 2.05) is 0 Å². The number of anilines is 1. The van der Waals surface area contributed by atoms with E-state index in [1.165, 1.54) is 0 Å². The number of aromatic amines is 1. The van der Waals surface area contributed by atoms with Gasteiger partial charge in [-0.15, -0.1) is 0 Å². The molecule has 3 nitrogen and oxygen atoms in total. The Morgan fingerprint density at radius 1 is 1.38 bits per heavy atom. The van der Waals surface area contributed by atoms with E-state index in [4.69, 9.17) is 5.73 Å². The lowest BCUT2D eigenvalue weighted by atomic mass is 10.2. The van der Waals surface area contributed by atoms with Crippen molar-refractivity contribution in [3.05, 3.63) is 11.5 Å². The van der Waals surface area contributed by atoms with Crippen molar-refractivity contribution in [1.29, 1.82) is 0 Å². The average Bonchev–Trinajstić information content (AvgIpc) is 2.29. The number of nitrogens with one attached hydrogen (secondary N) is 1. The second-order valence-electron chi connectivity index (χ2n) is 3.03. The molecule has 0 bridgehead atoms. The molecule has 3 N–H and O–H groups in total. The molecule has 0 aliphatic heterocycles. The van der Waals surface area contributed by atoms with Gasteiger partial charge in [-0.05, 0) is 0 Å². The molecule has 0 saturated carbocycles. The van der Waals surface area contributed by atoms with Crippen molar-refractivity contribution >= 4 is 5.82 Å².